The molecule has 2 N–H and O–H groups in total. The van der Waals surface area contributed by atoms with Gasteiger partial charge in [-0.2, -0.15) is 0 Å². The SMILES string of the molecule is CC(C)CS(=O)(=O)NCC1CCCCC1O. The van der Waals surface area contributed by atoms with Crippen LogP contribution in [0.15, 0.2) is 0 Å². The van der Waals surface area contributed by atoms with E-state index in [1.165, 1.54) is 0 Å². The summed E-state index contributed by atoms with van der Waals surface area (Å²) in [5.74, 6) is 0.389. The Morgan fingerprint density at radius 3 is 2.50 bits per heavy atom. The molecule has 0 saturated heterocycles. The first kappa shape index (κ1) is 13.9. The van der Waals surface area contributed by atoms with Crippen molar-refractivity contribution in [3.05, 3.63) is 0 Å². The van der Waals surface area contributed by atoms with E-state index in [4.69, 9.17) is 0 Å². The smallest absolute Gasteiger partial charge is 0.211 e. The van der Waals surface area contributed by atoms with Crippen molar-refractivity contribution in [2.45, 2.75) is 45.6 Å². The van der Waals surface area contributed by atoms with Crippen LogP contribution in [0.5, 0.6) is 0 Å². The summed E-state index contributed by atoms with van der Waals surface area (Å²) in [5.41, 5.74) is 0. The summed E-state index contributed by atoms with van der Waals surface area (Å²) >= 11 is 0. The van der Waals surface area contributed by atoms with Gasteiger partial charge in [0.05, 0.1) is 11.9 Å². The summed E-state index contributed by atoms with van der Waals surface area (Å²) < 4.78 is 25.8. The fourth-order valence-corrected chi connectivity index (χ4v) is 3.62. The maximum atomic E-state index is 11.6. The van der Waals surface area contributed by atoms with Crippen LogP contribution in [0.3, 0.4) is 0 Å². The lowest BCUT2D eigenvalue weighted by molar-refractivity contribution is 0.0724. The summed E-state index contributed by atoms with van der Waals surface area (Å²) in [7, 11) is -3.16. The molecule has 1 aliphatic rings. The van der Waals surface area contributed by atoms with Crippen molar-refractivity contribution in [3.63, 3.8) is 0 Å². The van der Waals surface area contributed by atoms with E-state index in [-0.39, 0.29) is 23.7 Å². The lowest BCUT2D eigenvalue weighted by Crippen LogP contribution is -2.38. The molecule has 1 fully saturated rings. The predicted octanol–water partition coefficient (Wildman–Crippen LogP) is 1.11. The number of hydrogen-bond donors (Lipinski definition) is 2. The third-order valence-electron chi connectivity index (χ3n) is 2.99. The summed E-state index contributed by atoms with van der Waals surface area (Å²) in [5, 5.41) is 9.71. The number of nitrogens with one attached hydrogen (secondary N) is 1. The molecule has 5 heteroatoms. The van der Waals surface area contributed by atoms with Gasteiger partial charge in [-0.1, -0.05) is 26.7 Å². The molecule has 2 atom stereocenters. The Bertz CT molecular complexity index is 300. The maximum Gasteiger partial charge on any atom is 0.211 e. The van der Waals surface area contributed by atoms with Gasteiger partial charge in [0, 0.05) is 6.54 Å². The Kier molecular flexibility index (Phi) is 5.21. The number of rotatable bonds is 5. The van der Waals surface area contributed by atoms with Crippen molar-refractivity contribution < 1.29 is 13.5 Å². The van der Waals surface area contributed by atoms with Gasteiger partial charge >= 0.3 is 0 Å². The van der Waals surface area contributed by atoms with Crippen molar-refractivity contribution in [2.24, 2.45) is 11.8 Å². The first-order valence-corrected chi connectivity index (χ1v) is 7.71. The van der Waals surface area contributed by atoms with Crippen LogP contribution in [0.25, 0.3) is 0 Å². The van der Waals surface area contributed by atoms with Gasteiger partial charge < -0.3 is 5.11 Å². The molecule has 0 bridgehead atoms. The number of hydrogen-bond acceptors (Lipinski definition) is 3. The first-order valence-electron chi connectivity index (χ1n) is 6.06. The van der Waals surface area contributed by atoms with E-state index in [1.54, 1.807) is 0 Å². The van der Waals surface area contributed by atoms with Crippen LogP contribution in [0, 0.1) is 11.8 Å². The Balaban J connectivity index is 2.38. The number of aliphatic hydroxyl groups is 1. The van der Waals surface area contributed by atoms with Crippen LogP contribution in [-0.4, -0.2) is 31.9 Å². The largest absolute Gasteiger partial charge is 0.393 e. The van der Waals surface area contributed by atoms with Crippen LogP contribution in [0.1, 0.15) is 39.5 Å². The fraction of sp³-hybridized carbons (Fsp3) is 1.00. The molecule has 0 aromatic heterocycles. The minimum Gasteiger partial charge on any atom is -0.393 e. The second-order valence-electron chi connectivity index (χ2n) is 5.14. The summed E-state index contributed by atoms with van der Waals surface area (Å²) in [6.07, 6.45) is 3.53. The number of sulfonamides is 1. The van der Waals surface area contributed by atoms with Gasteiger partial charge in [0.15, 0.2) is 0 Å². The second kappa shape index (κ2) is 5.98. The lowest BCUT2D eigenvalue weighted by Gasteiger charge is -2.27. The highest BCUT2D eigenvalue weighted by Gasteiger charge is 2.24. The molecule has 16 heavy (non-hydrogen) atoms. The molecule has 1 aliphatic carbocycles. The van der Waals surface area contributed by atoms with E-state index in [9.17, 15) is 13.5 Å². The highest BCUT2D eigenvalue weighted by Crippen LogP contribution is 2.23. The van der Waals surface area contributed by atoms with E-state index in [0.717, 1.165) is 25.7 Å². The quantitative estimate of drug-likeness (QED) is 0.767. The third-order valence-corrected chi connectivity index (χ3v) is 4.70. The minimum atomic E-state index is -3.16. The van der Waals surface area contributed by atoms with Crippen molar-refractivity contribution in [3.8, 4) is 0 Å². The molecule has 4 nitrogen and oxygen atoms in total. The standard InChI is InChI=1S/C11H23NO3S/c1-9(2)8-16(14,15)12-7-10-5-3-4-6-11(10)13/h9-13H,3-8H2,1-2H3. The molecule has 0 spiro atoms. The van der Waals surface area contributed by atoms with E-state index in [0.29, 0.717) is 6.54 Å². The molecule has 0 aromatic rings. The molecule has 0 heterocycles. The van der Waals surface area contributed by atoms with Gasteiger partial charge in [0.2, 0.25) is 10.0 Å². The van der Waals surface area contributed by atoms with Crippen LogP contribution < -0.4 is 4.72 Å². The topological polar surface area (TPSA) is 66.4 Å². The molecule has 96 valence electrons. The Morgan fingerprint density at radius 2 is 1.94 bits per heavy atom. The van der Waals surface area contributed by atoms with Crippen molar-refractivity contribution in [1.82, 2.24) is 4.72 Å². The van der Waals surface area contributed by atoms with Crippen LogP contribution >= 0.6 is 0 Å². The molecule has 0 aromatic carbocycles. The van der Waals surface area contributed by atoms with Crippen LogP contribution in [0.2, 0.25) is 0 Å². The predicted molar refractivity (Wildman–Crippen MR) is 64.6 cm³/mol. The Morgan fingerprint density at radius 1 is 1.31 bits per heavy atom. The molecule has 0 amide bonds. The van der Waals surface area contributed by atoms with E-state index < -0.39 is 10.0 Å². The second-order valence-corrected chi connectivity index (χ2v) is 6.99. The molecule has 1 saturated carbocycles. The van der Waals surface area contributed by atoms with Crippen molar-refractivity contribution in [2.75, 3.05) is 12.3 Å². The Hall–Kier alpha value is -0.130. The number of aliphatic hydroxyl groups excluding tert-OH is 1. The van der Waals surface area contributed by atoms with E-state index >= 15 is 0 Å². The molecule has 0 aliphatic heterocycles. The summed E-state index contributed by atoms with van der Waals surface area (Å²) in [4.78, 5) is 0. The maximum absolute atomic E-state index is 11.6. The third kappa shape index (κ3) is 4.80. The zero-order valence-electron chi connectivity index (χ0n) is 10.1. The van der Waals surface area contributed by atoms with Gasteiger partial charge in [-0.15, -0.1) is 0 Å². The van der Waals surface area contributed by atoms with E-state index in [2.05, 4.69) is 4.72 Å². The minimum absolute atomic E-state index is 0.0932. The van der Waals surface area contributed by atoms with Gasteiger partial charge in [0.1, 0.15) is 0 Å². The van der Waals surface area contributed by atoms with Crippen molar-refractivity contribution >= 4 is 10.0 Å². The highest BCUT2D eigenvalue weighted by molar-refractivity contribution is 7.89. The fourth-order valence-electron chi connectivity index (χ4n) is 2.16. The molecule has 0 radical (unpaired) electrons. The molecule has 1 rings (SSSR count). The zero-order chi connectivity index (χ0) is 12.2. The van der Waals surface area contributed by atoms with Crippen molar-refractivity contribution in [1.29, 1.82) is 0 Å². The highest BCUT2D eigenvalue weighted by atomic mass is 32.2. The summed E-state index contributed by atoms with van der Waals surface area (Å²) in [6.45, 7) is 4.15. The van der Waals surface area contributed by atoms with Gasteiger partial charge in [0.25, 0.3) is 0 Å². The average molecular weight is 249 g/mol. The normalized spacial score (nSPS) is 27.2. The first-order chi connectivity index (χ1) is 7.41. The average Bonchev–Trinajstić information content (AvgIpc) is 2.14. The van der Waals surface area contributed by atoms with Gasteiger partial charge in [-0.05, 0) is 24.7 Å². The monoisotopic (exact) mass is 249 g/mol. The van der Waals surface area contributed by atoms with Crippen LogP contribution in [0.4, 0.5) is 0 Å². The van der Waals surface area contributed by atoms with E-state index in [1.807, 2.05) is 13.8 Å². The molecular formula is C11H23NO3S. The van der Waals surface area contributed by atoms with Gasteiger partial charge in [-0.3, -0.25) is 0 Å². The lowest BCUT2D eigenvalue weighted by atomic mass is 9.87. The molecule has 2 unspecified atom stereocenters. The molecular weight excluding hydrogens is 226 g/mol. The Labute approximate surface area is 98.5 Å². The van der Waals surface area contributed by atoms with Crippen LogP contribution in [-0.2, 0) is 10.0 Å². The zero-order valence-corrected chi connectivity index (χ0v) is 11.0. The van der Waals surface area contributed by atoms with Gasteiger partial charge in [-0.25, -0.2) is 13.1 Å². The summed E-state index contributed by atoms with van der Waals surface area (Å²) in [6, 6.07) is 0.